The number of allylic oxidation sites excluding steroid dienone is 8. The average molecular weight is 426 g/mol. The maximum atomic E-state index is 5.91. The second-order valence-electron chi connectivity index (χ2n) is 7.71. The van der Waals surface area contributed by atoms with Gasteiger partial charge >= 0.3 is 0 Å². The summed E-state index contributed by atoms with van der Waals surface area (Å²) in [6.45, 7) is 3.50. The van der Waals surface area contributed by atoms with Crippen molar-refractivity contribution in [1.82, 2.24) is 0 Å². The quantitative estimate of drug-likeness (QED) is 0.524. The van der Waals surface area contributed by atoms with Gasteiger partial charge in [0.25, 0.3) is 0 Å². The van der Waals surface area contributed by atoms with E-state index < -0.39 is 0 Å². The molecule has 2 aromatic rings. The number of nitrogens with zero attached hydrogens (tertiary/aromatic N) is 1. The van der Waals surface area contributed by atoms with E-state index in [1.807, 2.05) is 23.9 Å². The van der Waals surface area contributed by atoms with Gasteiger partial charge in [0.15, 0.2) is 18.8 Å². The topological polar surface area (TPSA) is 38.3 Å². The van der Waals surface area contributed by atoms with Crippen LogP contribution >= 0.6 is 11.8 Å². The fourth-order valence-electron chi connectivity index (χ4n) is 3.89. The van der Waals surface area contributed by atoms with E-state index in [2.05, 4.69) is 83.5 Å². The molecule has 0 unspecified atom stereocenters. The van der Waals surface area contributed by atoms with Crippen molar-refractivity contribution in [3.8, 4) is 0 Å². The molecular weight excluding hydrogens is 400 g/mol. The third-order valence-corrected chi connectivity index (χ3v) is 6.77. The van der Waals surface area contributed by atoms with Crippen LogP contribution in [0.5, 0.6) is 0 Å². The summed E-state index contributed by atoms with van der Waals surface area (Å²) in [5.41, 5.74) is 12.8. The number of nitrogens with two attached hydrogens (primary N) is 1. The molecule has 0 atom stereocenters. The van der Waals surface area contributed by atoms with E-state index in [0.29, 0.717) is 0 Å². The molecule has 3 nitrogen and oxygen atoms in total. The molecule has 154 valence electrons. The highest BCUT2D eigenvalue weighted by molar-refractivity contribution is 8.12. The first-order valence-corrected chi connectivity index (χ1v) is 11.4. The van der Waals surface area contributed by atoms with Gasteiger partial charge in [-0.15, -0.1) is 0 Å². The zero-order chi connectivity index (χ0) is 21.0. The van der Waals surface area contributed by atoms with E-state index in [1.54, 1.807) is 0 Å². The molecule has 4 heteroatoms. The highest BCUT2D eigenvalue weighted by Gasteiger charge is 2.19. The molecule has 1 aliphatic carbocycles. The predicted molar refractivity (Wildman–Crippen MR) is 132 cm³/mol. The monoisotopic (exact) mass is 425 g/mol. The van der Waals surface area contributed by atoms with E-state index in [4.69, 9.17) is 10.5 Å². The molecule has 0 saturated carbocycles. The zero-order valence-corrected chi connectivity index (χ0v) is 18.1. The summed E-state index contributed by atoms with van der Waals surface area (Å²) in [5.74, 6) is 0. The zero-order valence-electron chi connectivity index (χ0n) is 17.3. The normalized spacial score (nSPS) is 18.8. The van der Waals surface area contributed by atoms with Crippen LogP contribution in [0.4, 0.5) is 5.69 Å². The van der Waals surface area contributed by atoms with Gasteiger partial charge in [-0.2, -0.15) is 0 Å². The van der Waals surface area contributed by atoms with Crippen LogP contribution < -0.4 is 5.73 Å². The first kappa shape index (κ1) is 19.9. The number of ether oxygens (including phenoxy) is 1. The highest BCUT2D eigenvalue weighted by Crippen LogP contribution is 2.44. The Morgan fingerprint density at radius 2 is 1.48 bits per heavy atom. The number of rotatable bonds is 2. The molecule has 5 rings (SSSR count). The molecular formula is C27H25N2OS+. The molecule has 1 saturated heterocycles. The third kappa shape index (κ3) is 4.50. The first-order valence-electron chi connectivity index (χ1n) is 10.6. The lowest BCUT2D eigenvalue weighted by atomic mass is 10.0. The summed E-state index contributed by atoms with van der Waals surface area (Å²) >= 11 is 1.81. The second kappa shape index (κ2) is 8.96. The lowest BCUT2D eigenvalue weighted by Gasteiger charge is -2.19. The number of benzene rings is 2. The maximum Gasteiger partial charge on any atom is 0.200 e. The smallest absolute Gasteiger partial charge is 0.200 e. The van der Waals surface area contributed by atoms with Crippen LogP contribution in [-0.2, 0) is 4.74 Å². The minimum Gasteiger partial charge on any atom is -0.399 e. The number of morpholine rings is 1. The van der Waals surface area contributed by atoms with Crippen molar-refractivity contribution >= 4 is 33.6 Å². The summed E-state index contributed by atoms with van der Waals surface area (Å²) in [4.78, 5) is 2.48. The minimum absolute atomic E-state index is 0.784. The van der Waals surface area contributed by atoms with Gasteiger partial charge in [0.05, 0.1) is 0 Å². The molecule has 0 radical (unpaired) electrons. The maximum absolute atomic E-state index is 5.91. The van der Waals surface area contributed by atoms with Gasteiger partial charge in [0.1, 0.15) is 13.2 Å². The average Bonchev–Trinajstić information content (AvgIpc) is 2.85. The lowest BCUT2D eigenvalue weighted by molar-refractivity contribution is -0.547. The number of hydrogen-bond donors (Lipinski definition) is 1. The molecule has 2 aliphatic heterocycles. The fraction of sp³-hybridized carbons (Fsp3) is 0.148. The Kier molecular flexibility index (Phi) is 5.74. The summed E-state index contributed by atoms with van der Waals surface area (Å²) < 4.78 is 7.87. The van der Waals surface area contributed by atoms with E-state index in [-0.39, 0.29) is 0 Å². The Bertz CT molecular complexity index is 1140. The van der Waals surface area contributed by atoms with Crippen LogP contribution in [0.2, 0.25) is 0 Å². The Balaban J connectivity index is 1.53. The summed E-state index contributed by atoms with van der Waals surface area (Å²) in [5, 5.41) is 0. The molecule has 2 aromatic carbocycles. The SMILES string of the molecule is Nc1ccc(C2=CC(c3ccccc3)=CC(=C3C=CC(=[N+]4CCOCC4)C=C3)S2)cc1. The number of anilines is 1. The Hall–Kier alpha value is -3.08. The van der Waals surface area contributed by atoms with Gasteiger partial charge < -0.3 is 10.5 Å². The minimum atomic E-state index is 0.784. The Morgan fingerprint density at radius 1 is 0.774 bits per heavy atom. The van der Waals surface area contributed by atoms with E-state index in [9.17, 15) is 0 Å². The molecule has 31 heavy (non-hydrogen) atoms. The standard InChI is InChI=1S/C27H24N2OS/c28-24-10-6-21(7-11-24)26-18-23(20-4-2-1-3-5-20)19-27(31-26)22-8-12-25(13-9-22)29-14-16-30-17-15-29/h1-13,18-19,28H,14-17H2/p+1. The lowest BCUT2D eigenvalue weighted by Crippen LogP contribution is -2.32. The molecule has 0 aromatic heterocycles. The third-order valence-electron chi connectivity index (χ3n) is 5.62. The van der Waals surface area contributed by atoms with Gasteiger partial charge in [-0.1, -0.05) is 54.2 Å². The van der Waals surface area contributed by atoms with Crippen LogP contribution in [-0.4, -0.2) is 36.6 Å². The van der Waals surface area contributed by atoms with Crippen LogP contribution in [0.3, 0.4) is 0 Å². The fourth-order valence-corrected chi connectivity index (χ4v) is 5.01. The molecule has 2 N–H and O–H groups in total. The van der Waals surface area contributed by atoms with Crippen molar-refractivity contribution < 1.29 is 9.31 Å². The van der Waals surface area contributed by atoms with Gasteiger partial charge in [-0.25, -0.2) is 4.58 Å². The predicted octanol–water partition coefficient (Wildman–Crippen LogP) is 5.30. The van der Waals surface area contributed by atoms with E-state index in [1.165, 1.54) is 37.8 Å². The highest BCUT2D eigenvalue weighted by atomic mass is 32.2. The summed E-state index contributed by atoms with van der Waals surface area (Å²) in [7, 11) is 0. The molecule has 0 amide bonds. The molecule has 2 heterocycles. The van der Waals surface area contributed by atoms with Crippen molar-refractivity contribution in [3.05, 3.63) is 113 Å². The molecule has 1 fully saturated rings. The van der Waals surface area contributed by atoms with Gasteiger partial charge in [-0.3, -0.25) is 0 Å². The molecule has 0 spiro atoms. The molecule has 3 aliphatic rings. The molecule has 0 bridgehead atoms. The Morgan fingerprint density at radius 3 is 2.19 bits per heavy atom. The van der Waals surface area contributed by atoms with Crippen LogP contribution in [0, 0.1) is 0 Å². The first-order chi connectivity index (χ1) is 15.3. The van der Waals surface area contributed by atoms with Crippen molar-refractivity contribution in [1.29, 1.82) is 0 Å². The van der Waals surface area contributed by atoms with Gasteiger partial charge in [-0.05, 0) is 58.7 Å². The van der Waals surface area contributed by atoms with Crippen molar-refractivity contribution in [2.75, 3.05) is 32.0 Å². The number of nitrogen functional groups attached to an aromatic ring is 1. The number of hydrogen-bond acceptors (Lipinski definition) is 3. The van der Waals surface area contributed by atoms with Gasteiger partial charge in [0.2, 0.25) is 0 Å². The number of thioether (sulfide) groups is 1. The summed E-state index contributed by atoms with van der Waals surface area (Å²) in [6, 6.07) is 18.7. The second-order valence-corrected chi connectivity index (χ2v) is 8.79. The van der Waals surface area contributed by atoms with Gasteiger partial charge in [0, 0.05) is 27.6 Å². The van der Waals surface area contributed by atoms with E-state index in [0.717, 1.165) is 32.0 Å². The largest absolute Gasteiger partial charge is 0.399 e. The van der Waals surface area contributed by atoms with Crippen LogP contribution in [0.15, 0.2) is 102 Å². The van der Waals surface area contributed by atoms with Crippen molar-refractivity contribution in [2.24, 2.45) is 0 Å². The van der Waals surface area contributed by atoms with Crippen LogP contribution in [0.1, 0.15) is 11.1 Å². The van der Waals surface area contributed by atoms with E-state index >= 15 is 0 Å². The van der Waals surface area contributed by atoms with Crippen molar-refractivity contribution in [2.45, 2.75) is 0 Å². The van der Waals surface area contributed by atoms with Crippen LogP contribution in [0.25, 0.3) is 10.5 Å². The summed E-state index contributed by atoms with van der Waals surface area (Å²) in [6.07, 6.45) is 13.5. The Labute approximate surface area is 187 Å². The van der Waals surface area contributed by atoms with Crippen molar-refractivity contribution in [3.63, 3.8) is 0 Å².